The Morgan fingerprint density at radius 2 is 1.50 bits per heavy atom. The first-order valence-corrected chi connectivity index (χ1v) is 2.78. The molecular formula is CH8N3O3P. The summed E-state index contributed by atoms with van der Waals surface area (Å²) in [6.07, 6.45) is 0. The lowest BCUT2D eigenvalue weighted by molar-refractivity contribution is 0.405. The number of nitrogens with one attached hydrogen (secondary N) is 1. The summed E-state index contributed by atoms with van der Waals surface area (Å²) in [7, 11) is -3.13. The molecule has 0 aliphatic rings. The number of hydrogen-bond donors (Lipinski definition) is 5. The molecule has 7 heteroatoms. The SMILES string of the molecule is N=C(N)N.O=[PH](O)O. The first-order valence-electron chi connectivity index (χ1n) is 1.48. The third-order valence-electron chi connectivity index (χ3n) is 0. The predicted molar refractivity (Wildman–Crippen MR) is 29.5 cm³/mol. The highest BCUT2D eigenvalue weighted by Gasteiger charge is 1.61. The molecule has 0 atom stereocenters. The Labute approximate surface area is 46.6 Å². The van der Waals surface area contributed by atoms with E-state index in [9.17, 15) is 0 Å². The highest BCUT2D eigenvalue weighted by Crippen LogP contribution is 1.98. The highest BCUT2D eigenvalue weighted by atomic mass is 31.1. The van der Waals surface area contributed by atoms with Crippen molar-refractivity contribution in [3.05, 3.63) is 0 Å². The standard InChI is InChI=1S/CH5N3.H3O3P/c2-1(3)4;1-4(2)3/h(H5,2,3,4);4H,(H2,1,2,3). The van der Waals surface area contributed by atoms with Gasteiger partial charge in [-0.25, -0.2) is 0 Å². The van der Waals surface area contributed by atoms with Gasteiger partial charge in [-0.1, -0.05) is 0 Å². The summed E-state index contributed by atoms with van der Waals surface area (Å²) in [5.41, 5.74) is 8.94. The Morgan fingerprint density at radius 3 is 1.50 bits per heavy atom. The van der Waals surface area contributed by atoms with Crippen molar-refractivity contribution in [1.29, 1.82) is 5.41 Å². The first-order chi connectivity index (χ1) is 3.46. The van der Waals surface area contributed by atoms with E-state index in [4.69, 9.17) is 19.8 Å². The molecule has 0 rings (SSSR count). The fourth-order valence-corrected chi connectivity index (χ4v) is 0. The number of guanidine groups is 1. The van der Waals surface area contributed by atoms with Gasteiger partial charge in [-0.3, -0.25) is 9.97 Å². The molecule has 0 spiro atoms. The largest absolute Gasteiger partial charge is 0.370 e. The molecule has 0 fully saturated rings. The molecule has 7 N–H and O–H groups in total. The van der Waals surface area contributed by atoms with E-state index >= 15 is 0 Å². The van der Waals surface area contributed by atoms with Crippen LogP contribution in [0.1, 0.15) is 0 Å². The Morgan fingerprint density at radius 1 is 1.50 bits per heavy atom. The van der Waals surface area contributed by atoms with Crippen LogP contribution in [0.2, 0.25) is 0 Å². The number of rotatable bonds is 0. The Hall–Kier alpha value is -0.580. The molecule has 0 aromatic heterocycles. The second-order valence-corrected chi connectivity index (χ2v) is 1.30. The van der Waals surface area contributed by atoms with Gasteiger partial charge >= 0.3 is 8.25 Å². The smallest absolute Gasteiger partial charge is 0.314 e. The second-order valence-electron chi connectivity index (χ2n) is 0.738. The third kappa shape index (κ3) is 315. The molecule has 0 aliphatic carbocycles. The molecule has 0 saturated heterocycles. The Kier molecular flexibility index (Phi) is 8.35. The number of nitrogens with two attached hydrogens (primary N) is 2. The van der Waals surface area contributed by atoms with Gasteiger partial charge in [0.25, 0.3) is 0 Å². The summed E-state index contributed by atoms with van der Waals surface area (Å²) < 4.78 is 8.74. The lowest BCUT2D eigenvalue weighted by Crippen LogP contribution is -2.20. The van der Waals surface area contributed by atoms with Gasteiger partial charge in [0, 0.05) is 0 Å². The zero-order valence-corrected chi connectivity index (χ0v) is 4.96. The van der Waals surface area contributed by atoms with Crippen molar-refractivity contribution in [3.8, 4) is 0 Å². The van der Waals surface area contributed by atoms with Crippen molar-refractivity contribution in [3.63, 3.8) is 0 Å². The molecule has 8 heavy (non-hydrogen) atoms. The third-order valence-corrected chi connectivity index (χ3v) is 0. The average Bonchev–Trinajstić information content (AvgIpc) is 1.25. The molecule has 6 nitrogen and oxygen atoms in total. The number of hydrogen-bond acceptors (Lipinski definition) is 2. The average molecular weight is 141 g/mol. The van der Waals surface area contributed by atoms with Crippen LogP contribution in [0.25, 0.3) is 0 Å². The molecule has 50 valence electrons. The topological polar surface area (TPSA) is 133 Å². The fraction of sp³-hybridized carbons (Fsp3) is 0. The van der Waals surface area contributed by atoms with E-state index in [2.05, 4.69) is 11.5 Å². The lowest BCUT2D eigenvalue weighted by atomic mass is 11.1. The normalized spacial score (nSPS) is 7.38. The van der Waals surface area contributed by atoms with Crippen LogP contribution in [-0.2, 0) is 4.57 Å². The summed E-state index contributed by atoms with van der Waals surface area (Å²) in [5.74, 6) is -0.333. The van der Waals surface area contributed by atoms with Gasteiger partial charge in [-0.05, 0) is 0 Å². The van der Waals surface area contributed by atoms with E-state index < -0.39 is 8.25 Å². The molecule has 0 aliphatic heterocycles. The van der Waals surface area contributed by atoms with Crippen LogP contribution in [0.4, 0.5) is 0 Å². The van der Waals surface area contributed by atoms with Crippen LogP contribution in [0.3, 0.4) is 0 Å². The van der Waals surface area contributed by atoms with Gasteiger partial charge in [0.2, 0.25) is 0 Å². The molecule has 0 aromatic rings. The van der Waals surface area contributed by atoms with Crippen LogP contribution >= 0.6 is 8.25 Å². The summed E-state index contributed by atoms with van der Waals surface area (Å²) in [6.45, 7) is 0. The summed E-state index contributed by atoms with van der Waals surface area (Å²) in [4.78, 5) is 14.3. The Balaban J connectivity index is 0. The molecule has 0 saturated carbocycles. The maximum Gasteiger partial charge on any atom is 0.314 e. The predicted octanol–water partition coefficient (Wildman–Crippen LogP) is -1.80. The van der Waals surface area contributed by atoms with Crippen LogP contribution in [0.15, 0.2) is 0 Å². The summed E-state index contributed by atoms with van der Waals surface area (Å²) in [6, 6.07) is 0. The second kappa shape index (κ2) is 6.42. The molecule has 0 radical (unpaired) electrons. The van der Waals surface area contributed by atoms with Crippen molar-refractivity contribution < 1.29 is 14.4 Å². The van der Waals surface area contributed by atoms with Gasteiger partial charge in [0.1, 0.15) is 0 Å². The molecular weight excluding hydrogens is 133 g/mol. The van der Waals surface area contributed by atoms with E-state index in [1.54, 1.807) is 0 Å². The van der Waals surface area contributed by atoms with Crippen molar-refractivity contribution in [2.24, 2.45) is 11.5 Å². The van der Waals surface area contributed by atoms with E-state index in [1.807, 2.05) is 0 Å². The Bertz CT molecular complexity index is 72.5. The van der Waals surface area contributed by atoms with E-state index in [1.165, 1.54) is 0 Å². The van der Waals surface area contributed by atoms with Gasteiger partial charge in [0.05, 0.1) is 0 Å². The molecule has 0 bridgehead atoms. The van der Waals surface area contributed by atoms with Crippen LogP contribution in [0.5, 0.6) is 0 Å². The van der Waals surface area contributed by atoms with E-state index in [0.717, 1.165) is 0 Å². The van der Waals surface area contributed by atoms with Crippen LogP contribution in [-0.4, -0.2) is 15.7 Å². The lowest BCUT2D eigenvalue weighted by Gasteiger charge is -1.69. The summed E-state index contributed by atoms with van der Waals surface area (Å²) >= 11 is 0. The molecule has 0 amide bonds. The van der Waals surface area contributed by atoms with E-state index in [0.29, 0.717) is 0 Å². The molecule has 0 aromatic carbocycles. The van der Waals surface area contributed by atoms with Crippen LogP contribution in [0, 0.1) is 5.41 Å². The minimum atomic E-state index is -3.13. The molecule has 0 unspecified atom stereocenters. The molecule has 0 heterocycles. The van der Waals surface area contributed by atoms with Crippen molar-refractivity contribution >= 4 is 14.2 Å². The zero-order chi connectivity index (χ0) is 7.15. The van der Waals surface area contributed by atoms with Crippen LogP contribution < -0.4 is 11.5 Å². The maximum absolute atomic E-state index is 8.74. The quantitative estimate of drug-likeness (QED) is 0.154. The summed E-state index contributed by atoms with van der Waals surface area (Å²) in [5, 5.41) is 6.06. The minimum absolute atomic E-state index is 0.333. The monoisotopic (exact) mass is 141 g/mol. The van der Waals surface area contributed by atoms with Crippen molar-refractivity contribution in [1.82, 2.24) is 0 Å². The van der Waals surface area contributed by atoms with Crippen molar-refractivity contribution in [2.75, 3.05) is 0 Å². The van der Waals surface area contributed by atoms with E-state index in [-0.39, 0.29) is 5.96 Å². The maximum atomic E-state index is 8.74. The van der Waals surface area contributed by atoms with Gasteiger partial charge in [0.15, 0.2) is 5.96 Å². The van der Waals surface area contributed by atoms with Gasteiger partial charge in [-0.15, -0.1) is 0 Å². The first kappa shape index (κ1) is 10.4. The highest BCUT2D eigenvalue weighted by molar-refractivity contribution is 7.30. The van der Waals surface area contributed by atoms with Gasteiger partial charge < -0.3 is 21.3 Å². The minimum Gasteiger partial charge on any atom is -0.370 e. The fourth-order valence-electron chi connectivity index (χ4n) is 0. The van der Waals surface area contributed by atoms with Crippen molar-refractivity contribution in [2.45, 2.75) is 0 Å². The van der Waals surface area contributed by atoms with Gasteiger partial charge in [-0.2, -0.15) is 0 Å². The zero-order valence-electron chi connectivity index (χ0n) is 3.96.